The standard InChI is InChI=1S/C21H14ClN5O/c22-18-7-3-15(4-8-18)12-24-21(28)17-9-19(27-20(10-17)25-13-26-27)16-5-1-14(11-23)2-6-16/h1-10,13H,12H2,(H,24,28). The van der Waals surface area contributed by atoms with Crippen LogP contribution in [0.15, 0.2) is 67.0 Å². The van der Waals surface area contributed by atoms with Gasteiger partial charge in [-0.05, 0) is 42.0 Å². The molecule has 0 atom stereocenters. The van der Waals surface area contributed by atoms with Crippen molar-refractivity contribution in [2.24, 2.45) is 0 Å². The predicted octanol–water partition coefficient (Wildman–Crippen LogP) is 3.85. The lowest BCUT2D eigenvalue weighted by molar-refractivity contribution is 0.0951. The normalized spacial score (nSPS) is 10.6. The molecule has 136 valence electrons. The number of benzene rings is 2. The Hall–Kier alpha value is -3.69. The van der Waals surface area contributed by atoms with Gasteiger partial charge in [0.1, 0.15) is 6.33 Å². The molecule has 4 rings (SSSR count). The molecular weight excluding hydrogens is 374 g/mol. The third-order valence-electron chi connectivity index (χ3n) is 4.32. The van der Waals surface area contributed by atoms with Crippen molar-refractivity contribution in [1.29, 1.82) is 5.26 Å². The molecule has 0 unspecified atom stereocenters. The third kappa shape index (κ3) is 3.56. The second-order valence-electron chi connectivity index (χ2n) is 6.16. The van der Waals surface area contributed by atoms with Crippen molar-refractivity contribution >= 4 is 23.2 Å². The minimum absolute atomic E-state index is 0.213. The fourth-order valence-electron chi connectivity index (χ4n) is 2.86. The van der Waals surface area contributed by atoms with E-state index in [1.165, 1.54) is 6.33 Å². The van der Waals surface area contributed by atoms with E-state index < -0.39 is 0 Å². The van der Waals surface area contributed by atoms with Crippen molar-refractivity contribution < 1.29 is 4.79 Å². The van der Waals surface area contributed by atoms with Gasteiger partial charge >= 0.3 is 0 Å². The summed E-state index contributed by atoms with van der Waals surface area (Å²) in [6, 6.07) is 20.0. The molecule has 0 saturated carbocycles. The zero-order chi connectivity index (χ0) is 19.5. The molecule has 0 radical (unpaired) electrons. The van der Waals surface area contributed by atoms with Crippen molar-refractivity contribution in [2.75, 3.05) is 0 Å². The van der Waals surface area contributed by atoms with Crippen LogP contribution in [0.4, 0.5) is 0 Å². The number of amides is 1. The fourth-order valence-corrected chi connectivity index (χ4v) is 2.99. The first kappa shape index (κ1) is 17.7. The molecule has 2 aromatic carbocycles. The first-order valence-corrected chi connectivity index (χ1v) is 8.89. The van der Waals surface area contributed by atoms with Gasteiger partial charge in [0.25, 0.3) is 5.91 Å². The predicted molar refractivity (Wildman–Crippen MR) is 106 cm³/mol. The Morgan fingerprint density at radius 1 is 1.11 bits per heavy atom. The molecule has 0 aliphatic carbocycles. The topological polar surface area (TPSA) is 83.1 Å². The van der Waals surface area contributed by atoms with Crippen LogP contribution in [0.2, 0.25) is 5.02 Å². The number of pyridine rings is 1. The van der Waals surface area contributed by atoms with Gasteiger partial charge in [0.2, 0.25) is 0 Å². The summed E-state index contributed by atoms with van der Waals surface area (Å²) in [6.45, 7) is 0.389. The third-order valence-corrected chi connectivity index (χ3v) is 4.57. The number of nitrogens with zero attached hydrogens (tertiary/aromatic N) is 4. The average Bonchev–Trinajstić information content (AvgIpc) is 3.21. The van der Waals surface area contributed by atoms with Crippen LogP contribution in [0.3, 0.4) is 0 Å². The minimum atomic E-state index is -0.213. The van der Waals surface area contributed by atoms with Gasteiger partial charge in [-0.3, -0.25) is 4.79 Å². The van der Waals surface area contributed by atoms with E-state index in [1.54, 1.807) is 40.9 Å². The summed E-state index contributed by atoms with van der Waals surface area (Å²) in [5, 5.41) is 16.8. The zero-order valence-electron chi connectivity index (χ0n) is 14.6. The first-order valence-electron chi connectivity index (χ1n) is 8.51. The van der Waals surface area contributed by atoms with Gasteiger partial charge in [0, 0.05) is 22.7 Å². The molecule has 6 nitrogen and oxygen atoms in total. The molecule has 1 N–H and O–H groups in total. The highest BCUT2D eigenvalue weighted by atomic mass is 35.5. The summed E-state index contributed by atoms with van der Waals surface area (Å²) in [5.41, 5.74) is 4.12. The lowest BCUT2D eigenvalue weighted by Crippen LogP contribution is -2.23. The largest absolute Gasteiger partial charge is 0.348 e. The highest BCUT2D eigenvalue weighted by molar-refractivity contribution is 6.30. The van der Waals surface area contributed by atoms with Gasteiger partial charge in [0.05, 0.1) is 17.3 Å². The number of carbonyl (C=O) groups is 1. The van der Waals surface area contributed by atoms with E-state index in [2.05, 4.69) is 21.5 Å². The van der Waals surface area contributed by atoms with Crippen molar-refractivity contribution in [3.05, 3.63) is 88.7 Å². The van der Waals surface area contributed by atoms with Crippen LogP contribution in [0, 0.1) is 11.3 Å². The van der Waals surface area contributed by atoms with Crippen molar-refractivity contribution in [3.63, 3.8) is 0 Å². The van der Waals surface area contributed by atoms with Crippen molar-refractivity contribution in [3.8, 4) is 17.3 Å². The molecule has 0 aliphatic rings. The summed E-state index contributed by atoms with van der Waals surface area (Å²) in [5.74, 6) is -0.213. The van der Waals surface area contributed by atoms with Gasteiger partial charge in [-0.1, -0.05) is 35.9 Å². The minimum Gasteiger partial charge on any atom is -0.348 e. The van der Waals surface area contributed by atoms with Crippen LogP contribution in [-0.4, -0.2) is 20.5 Å². The smallest absolute Gasteiger partial charge is 0.251 e. The second kappa shape index (κ2) is 7.51. The number of halogens is 1. The summed E-state index contributed by atoms with van der Waals surface area (Å²) in [6.07, 6.45) is 1.44. The molecule has 28 heavy (non-hydrogen) atoms. The van der Waals surface area contributed by atoms with Crippen LogP contribution >= 0.6 is 11.6 Å². The van der Waals surface area contributed by atoms with Crippen molar-refractivity contribution in [1.82, 2.24) is 19.9 Å². The van der Waals surface area contributed by atoms with Crippen LogP contribution in [0.1, 0.15) is 21.5 Å². The molecule has 2 aromatic heterocycles. The van der Waals surface area contributed by atoms with Crippen LogP contribution in [0.25, 0.3) is 16.9 Å². The molecule has 0 spiro atoms. The molecule has 7 heteroatoms. The Labute approximate surface area is 166 Å². The van der Waals surface area contributed by atoms with Gasteiger partial charge < -0.3 is 5.32 Å². The van der Waals surface area contributed by atoms with Crippen LogP contribution in [0.5, 0.6) is 0 Å². The van der Waals surface area contributed by atoms with Gasteiger partial charge in [-0.2, -0.15) is 10.4 Å². The van der Waals surface area contributed by atoms with Gasteiger partial charge in [-0.15, -0.1) is 0 Å². The number of aromatic nitrogens is 3. The maximum Gasteiger partial charge on any atom is 0.251 e. The molecule has 0 saturated heterocycles. The number of hydrogen-bond acceptors (Lipinski definition) is 4. The second-order valence-corrected chi connectivity index (χ2v) is 6.59. The number of hydrogen-bond donors (Lipinski definition) is 1. The number of nitriles is 1. The molecule has 0 fully saturated rings. The molecule has 4 aromatic rings. The molecule has 0 aliphatic heterocycles. The average molecular weight is 388 g/mol. The van der Waals surface area contributed by atoms with E-state index >= 15 is 0 Å². The van der Waals surface area contributed by atoms with E-state index in [0.717, 1.165) is 16.8 Å². The van der Waals surface area contributed by atoms with E-state index in [9.17, 15) is 4.79 Å². The van der Waals surface area contributed by atoms with E-state index in [1.807, 2.05) is 24.3 Å². The van der Waals surface area contributed by atoms with Gasteiger partial charge in [0.15, 0.2) is 5.65 Å². The summed E-state index contributed by atoms with van der Waals surface area (Å²) < 4.78 is 1.66. The molecule has 1 amide bonds. The Kier molecular flexibility index (Phi) is 4.75. The molecule has 0 bridgehead atoms. The Balaban J connectivity index is 1.64. The maximum absolute atomic E-state index is 12.7. The Bertz CT molecular complexity index is 1190. The van der Waals surface area contributed by atoms with Crippen molar-refractivity contribution in [2.45, 2.75) is 6.54 Å². The molecule has 2 heterocycles. The number of carbonyl (C=O) groups excluding carboxylic acids is 1. The quantitative estimate of drug-likeness (QED) is 0.576. The van der Waals surface area contributed by atoms with Crippen LogP contribution in [-0.2, 0) is 6.54 Å². The molecular formula is C21H14ClN5O. The summed E-state index contributed by atoms with van der Waals surface area (Å²) >= 11 is 5.89. The summed E-state index contributed by atoms with van der Waals surface area (Å²) in [7, 11) is 0. The highest BCUT2D eigenvalue weighted by Gasteiger charge is 2.13. The summed E-state index contributed by atoms with van der Waals surface area (Å²) in [4.78, 5) is 16.9. The lowest BCUT2D eigenvalue weighted by atomic mass is 10.1. The van der Waals surface area contributed by atoms with E-state index in [-0.39, 0.29) is 5.91 Å². The monoisotopic (exact) mass is 387 g/mol. The van der Waals surface area contributed by atoms with Crippen LogP contribution < -0.4 is 5.32 Å². The highest BCUT2D eigenvalue weighted by Crippen LogP contribution is 2.22. The van der Waals surface area contributed by atoms with E-state index in [4.69, 9.17) is 16.9 Å². The first-order chi connectivity index (χ1) is 13.6. The zero-order valence-corrected chi connectivity index (χ0v) is 15.4. The number of nitrogens with one attached hydrogen (secondary N) is 1. The lowest BCUT2D eigenvalue weighted by Gasteiger charge is -2.09. The maximum atomic E-state index is 12.7. The fraction of sp³-hybridized carbons (Fsp3) is 0.0476. The Morgan fingerprint density at radius 3 is 2.57 bits per heavy atom. The number of rotatable bonds is 4. The van der Waals surface area contributed by atoms with E-state index in [0.29, 0.717) is 28.3 Å². The Morgan fingerprint density at radius 2 is 1.86 bits per heavy atom. The number of fused-ring (bicyclic) bond motifs is 1. The van der Waals surface area contributed by atoms with Gasteiger partial charge in [-0.25, -0.2) is 9.50 Å². The SMILES string of the molecule is N#Cc1ccc(-c2cc(C(=O)NCc3ccc(Cl)cc3)cc3ncnn23)cc1.